The number of aliphatic hydroxyl groups excluding tert-OH is 1. The highest BCUT2D eigenvalue weighted by atomic mass is 32.1. The van der Waals surface area contributed by atoms with Gasteiger partial charge in [-0.25, -0.2) is 0 Å². The summed E-state index contributed by atoms with van der Waals surface area (Å²) in [4.78, 5) is 13.1. The van der Waals surface area contributed by atoms with Crippen molar-refractivity contribution >= 4 is 27.8 Å². The SMILES string of the molecule is O=C(c1ccccc1)N1Nc2scc(-c3ccccc3)c2C(c2ccccc2)=C1O. The lowest BCUT2D eigenvalue weighted by Crippen LogP contribution is -2.38. The summed E-state index contributed by atoms with van der Waals surface area (Å²) in [6.07, 6.45) is 0. The molecule has 0 spiro atoms. The predicted octanol–water partition coefficient (Wildman–Crippen LogP) is 6.17. The van der Waals surface area contributed by atoms with E-state index in [-0.39, 0.29) is 11.8 Å². The standard InChI is InChI=1S/C25H18N2O2S/c28-24(19-14-8-3-9-15-19)27-25(29)21(18-12-6-2-7-13-18)22-20(16-30-23(22)26-27)17-10-4-1-5-11-17/h1-16,26,29H. The summed E-state index contributed by atoms with van der Waals surface area (Å²) in [5.74, 6) is -0.431. The summed E-state index contributed by atoms with van der Waals surface area (Å²) in [5.41, 5.74) is 8.07. The maximum atomic E-state index is 13.1. The molecule has 0 aliphatic carbocycles. The molecule has 4 aromatic rings. The van der Waals surface area contributed by atoms with Crippen molar-refractivity contribution in [2.75, 3.05) is 5.43 Å². The molecule has 5 heteroatoms. The second kappa shape index (κ2) is 7.54. The second-order valence-corrected chi connectivity index (χ2v) is 7.78. The van der Waals surface area contributed by atoms with Gasteiger partial charge in [-0.3, -0.25) is 10.2 Å². The number of rotatable bonds is 3. The molecule has 0 saturated carbocycles. The minimum absolute atomic E-state index is 0.113. The van der Waals surface area contributed by atoms with Gasteiger partial charge in [0.1, 0.15) is 5.00 Å². The number of thiophene rings is 1. The highest BCUT2D eigenvalue weighted by Crippen LogP contribution is 2.46. The zero-order valence-corrected chi connectivity index (χ0v) is 16.8. The average molecular weight is 410 g/mol. The van der Waals surface area contributed by atoms with E-state index in [0.717, 1.165) is 27.3 Å². The molecular weight excluding hydrogens is 392 g/mol. The van der Waals surface area contributed by atoms with Gasteiger partial charge < -0.3 is 5.11 Å². The maximum absolute atomic E-state index is 13.1. The molecule has 2 N–H and O–H groups in total. The molecule has 1 amide bonds. The third-order valence-corrected chi connectivity index (χ3v) is 5.95. The number of nitrogens with zero attached hydrogens (tertiary/aromatic N) is 1. The first-order valence-corrected chi connectivity index (χ1v) is 10.4. The van der Waals surface area contributed by atoms with E-state index in [1.165, 1.54) is 16.3 Å². The van der Waals surface area contributed by atoms with Crippen molar-refractivity contribution in [1.29, 1.82) is 0 Å². The van der Waals surface area contributed by atoms with Gasteiger partial charge in [-0.1, -0.05) is 78.9 Å². The Kier molecular flexibility index (Phi) is 4.58. The van der Waals surface area contributed by atoms with Crippen molar-refractivity contribution in [2.45, 2.75) is 0 Å². The summed E-state index contributed by atoms with van der Waals surface area (Å²) in [7, 11) is 0. The number of anilines is 1. The minimum atomic E-state index is -0.318. The number of fused-ring (bicyclic) bond motifs is 1. The monoisotopic (exact) mass is 410 g/mol. The van der Waals surface area contributed by atoms with Crippen LogP contribution >= 0.6 is 11.3 Å². The number of carbonyl (C=O) groups is 1. The Hall–Kier alpha value is -3.83. The number of hydrogen-bond donors (Lipinski definition) is 2. The van der Waals surface area contributed by atoms with Crippen LogP contribution in [0.2, 0.25) is 0 Å². The Labute approximate surface area is 178 Å². The van der Waals surface area contributed by atoms with Gasteiger partial charge in [-0.05, 0) is 23.3 Å². The van der Waals surface area contributed by atoms with Crippen LogP contribution in [-0.4, -0.2) is 16.0 Å². The summed E-state index contributed by atoms with van der Waals surface area (Å²) < 4.78 is 0. The van der Waals surface area contributed by atoms with Crippen molar-refractivity contribution in [3.05, 3.63) is 119 Å². The Balaban J connectivity index is 1.70. The van der Waals surface area contributed by atoms with Gasteiger partial charge in [0, 0.05) is 22.1 Å². The fourth-order valence-corrected chi connectivity index (χ4v) is 4.60. The van der Waals surface area contributed by atoms with E-state index in [0.29, 0.717) is 11.1 Å². The summed E-state index contributed by atoms with van der Waals surface area (Å²) in [6.45, 7) is 0. The Morgan fingerprint density at radius 3 is 2.00 bits per heavy atom. The summed E-state index contributed by atoms with van der Waals surface area (Å²) >= 11 is 1.51. The molecule has 0 fully saturated rings. The predicted molar refractivity (Wildman–Crippen MR) is 121 cm³/mol. The number of aliphatic hydroxyl groups is 1. The molecule has 2 heterocycles. The quantitative estimate of drug-likeness (QED) is 0.424. The zero-order chi connectivity index (χ0) is 20.5. The van der Waals surface area contributed by atoms with E-state index in [4.69, 9.17) is 0 Å². The van der Waals surface area contributed by atoms with E-state index < -0.39 is 0 Å². The van der Waals surface area contributed by atoms with Crippen LogP contribution in [0.4, 0.5) is 5.00 Å². The zero-order valence-electron chi connectivity index (χ0n) is 15.9. The van der Waals surface area contributed by atoms with Crippen molar-refractivity contribution in [3.8, 4) is 11.1 Å². The Morgan fingerprint density at radius 1 is 0.800 bits per heavy atom. The molecule has 4 nitrogen and oxygen atoms in total. The van der Waals surface area contributed by atoms with Gasteiger partial charge >= 0.3 is 0 Å². The largest absolute Gasteiger partial charge is 0.493 e. The number of hydrazine groups is 1. The summed E-state index contributed by atoms with van der Waals surface area (Å²) in [6, 6.07) is 28.7. The highest BCUT2D eigenvalue weighted by Gasteiger charge is 2.33. The van der Waals surface area contributed by atoms with Crippen LogP contribution < -0.4 is 5.43 Å². The van der Waals surface area contributed by atoms with E-state index in [9.17, 15) is 9.90 Å². The molecule has 0 atom stereocenters. The third kappa shape index (κ3) is 3.06. The van der Waals surface area contributed by atoms with Crippen LogP contribution in [0.1, 0.15) is 21.5 Å². The van der Waals surface area contributed by atoms with E-state index in [1.54, 1.807) is 24.3 Å². The van der Waals surface area contributed by atoms with Crippen LogP contribution in [-0.2, 0) is 0 Å². The number of benzene rings is 3. The minimum Gasteiger partial charge on any atom is -0.493 e. The van der Waals surface area contributed by atoms with Gasteiger partial charge in [0.25, 0.3) is 5.91 Å². The van der Waals surface area contributed by atoms with E-state index in [1.807, 2.05) is 66.7 Å². The molecule has 146 valence electrons. The van der Waals surface area contributed by atoms with Crippen molar-refractivity contribution in [1.82, 2.24) is 5.01 Å². The molecule has 1 aliphatic rings. The molecule has 3 aromatic carbocycles. The first kappa shape index (κ1) is 18.2. The first-order chi connectivity index (χ1) is 14.7. The van der Waals surface area contributed by atoms with Crippen LogP contribution in [0.3, 0.4) is 0 Å². The smallest absolute Gasteiger partial charge is 0.279 e. The maximum Gasteiger partial charge on any atom is 0.279 e. The molecule has 0 radical (unpaired) electrons. The van der Waals surface area contributed by atoms with Crippen molar-refractivity contribution < 1.29 is 9.90 Å². The Morgan fingerprint density at radius 2 is 1.37 bits per heavy atom. The lowest BCUT2D eigenvalue weighted by molar-refractivity contribution is 0.0770. The molecule has 1 aromatic heterocycles. The highest BCUT2D eigenvalue weighted by molar-refractivity contribution is 7.15. The van der Waals surface area contributed by atoms with Gasteiger partial charge in [-0.15, -0.1) is 11.3 Å². The molecule has 1 aliphatic heterocycles. The molecule has 0 unspecified atom stereocenters. The number of nitrogens with one attached hydrogen (secondary N) is 1. The number of carbonyl (C=O) groups excluding carboxylic acids is 1. The lowest BCUT2D eigenvalue weighted by Gasteiger charge is -2.30. The number of amides is 1. The molecule has 30 heavy (non-hydrogen) atoms. The average Bonchev–Trinajstić information content (AvgIpc) is 3.23. The normalized spacial score (nSPS) is 13.0. The molecule has 5 rings (SSSR count). The van der Waals surface area contributed by atoms with Crippen LogP contribution in [0.5, 0.6) is 0 Å². The van der Waals surface area contributed by atoms with E-state index >= 15 is 0 Å². The van der Waals surface area contributed by atoms with Crippen molar-refractivity contribution in [2.24, 2.45) is 0 Å². The van der Waals surface area contributed by atoms with Gasteiger partial charge in [0.15, 0.2) is 0 Å². The number of hydrogen-bond acceptors (Lipinski definition) is 4. The van der Waals surface area contributed by atoms with Crippen LogP contribution in [0.15, 0.2) is 102 Å². The Bertz CT molecular complexity index is 1230. The van der Waals surface area contributed by atoms with Gasteiger partial charge in [-0.2, -0.15) is 5.01 Å². The summed E-state index contributed by atoms with van der Waals surface area (Å²) in [5, 5.41) is 15.4. The molecule has 0 saturated heterocycles. The molecular formula is C25H18N2O2S. The second-order valence-electron chi connectivity index (χ2n) is 6.90. The fraction of sp³-hybridized carbons (Fsp3) is 0. The fourth-order valence-electron chi connectivity index (χ4n) is 3.63. The van der Waals surface area contributed by atoms with E-state index in [2.05, 4.69) is 10.8 Å². The topological polar surface area (TPSA) is 52.6 Å². The van der Waals surface area contributed by atoms with Crippen molar-refractivity contribution in [3.63, 3.8) is 0 Å². The van der Waals surface area contributed by atoms with Gasteiger partial charge in [0.05, 0.1) is 5.57 Å². The van der Waals surface area contributed by atoms with Crippen LogP contribution in [0, 0.1) is 0 Å². The molecule has 0 bridgehead atoms. The first-order valence-electron chi connectivity index (χ1n) is 9.56. The lowest BCUT2D eigenvalue weighted by atomic mass is 9.92. The van der Waals surface area contributed by atoms with Crippen LogP contribution in [0.25, 0.3) is 16.7 Å². The van der Waals surface area contributed by atoms with Gasteiger partial charge in [0.2, 0.25) is 5.88 Å². The third-order valence-electron chi connectivity index (χ3n) is 5.06.